The van der Waals surface area contributed by atoms with Crippen molar-refractivity contribution in [3.8, 4) is 0 Å². The molecule has 0 spiro atoms. The minimum Gasteiger partial charge on any atom is -0.462 e. The number of unbranched alkanes of at least 4 members (excludes halogenated alkanes) is 52. The Morgan fingerprint density at radius 1 is 0.282 bits per heavy atom. The van der Waals surface area contributed by atoms with E-state index in [4.69, 9.17) is 37.0 Å². The van der Waals surface area contributed by atoms with Gasteiger partial charge in [-0.2, -0.15) is 0 Å². The Hall–Kier alpha value is -1.94. The number of hydrogen-bond donors (Lipinski definition) is 3. The summed E-state index contributed by atoms with van der Waals surface area (Å²) >= 11 is 0. The Morgan fingerprint density at radius 3 is 0.738 bits per heavy atom. The van der Waals surface area contributed by atoms with Crippen LogP contribution in [0.1, 0.15) is 446 Å². The molecule has 612 valence electrons. The van der Waals surface area contributed by atoms with Crippen molar-refractivity contribution in [3.63, 3.8) is 0 Å². The van der Waals surface area contributed by atoms with Crippen LogP contribution < -0.4 is 0 Å². The lowest BCUT2D eigenvalue weighted by molar-refractivity contribution is -0.161. The van der Waals surface area contributed by atoms with Crippen LogP contribution in [0.15, 0.2) is 0 Å². The number of phosphoric acid groups is 2. The second-order valence-electron chi connectivity index (χ2n) is 30.9. The molecule has 0 radical (unpaired) electrons. The van der Waals surface area contributed by atoms with E-state index in [1.165, 1.54) is 257 Å². The first-order valence-corrected chi connectivity index (χ1v) is 46.5. The van der Waals surface area contributed by atoms with Crippen LogP contribution in [0.2, 0.25) is 0 Å². The standard InChI is InChI=1S/C84H164O17P2/c1-7-10-12-14-16-18-20-22-24-31-34-38-42-48-54-60-66-81(86)94-72-79(100-83(88)69-63-57-50-44-40-36-32-28-26-25-27-30-33-37-41-47-53-59-65-77(6)9-3)74-98-102(90,91)96-70-78(85)71-97-103(92,93)99-75-80(73-95-82(87)67-61-55-51-45-46-52-58-64-76(4)5)101-84(89)68-62-56-49-43-39-35-29-23-21-19-17-15-13-11-8-2/h76-80,85H,7-75H2,1-6H3,(H,90,91)(H,92,93)/t77?,78-,79-,80-/m1/s1. The van der Waals surface area contributed by atoms with Gasteiger partial charge in [-0.05, 0) is 37.5 Å². The predicted octanol–water partition coefficient (Wildman–Crippen LogP) is 25.5. The highest BCUT2D eigenvalue weighted by Crippen LogP contribution is 2.45. The summed E-state index contributed by atoms with van der Waals surface area (Å²) in [6.45, 7) is 9.67. The number of rotatable bonds is 83. The number of carbonyl (C=O) groups is 4. The van der Waals surface area contributed by atoms with Gasteiger partial charge in [-0.1, -0.05) is 395 Å². The molecule has 0 fully saturated rings. The third kappa shape index (κ3) is 76.6. The van der Waals surface area contributed by atoms with Crippen molar-refractivity contribution >= 4 is 39.5 Å². The van der Waals surface area contributed by atoms with E-state index in [1.807, 2.05) is 0 Å². The van der Waals surface area contributed by atoms with Crippen LogP contribution in [-0.2, 0) is 65.4 Å². The quantitative estimate of drug-likeness (QED) is 0.0222. The molecule has 0 heterocycles. The van der Waals surface area contributed by atoms with Crippen LogP contribution in [0.25, 0.3) is 0 Å². The lowest BCUT2D eigenvalue weighted by atomic mass is 9.99. The lowest BCUT2D eigenvalue weighted by Gasteiger charge is -2.21. The molecule has 3 unspecified atom stereocenters. The van der Waals surface area contributed by atoms with E-state index < -0.39 is 97.5 Å². The van der Waals surface area contributed by atoms with Crippen molar-refractivity contribution in [2.75, 3.05) is 39.6 Å². The van der Waals surface area contributed by atoms with E-state index in [2.05, 4.69) is 41.5 Å². The fourth-order valence-corrected chi connectivity index (χ4v) is 14.6. The zero-order valence-corrected chi connectivity index (χ0v) is 69.4. The molecule has 0 aromatic rings. The number of hydrogen-bond acceptors (Lipinski definition) is 15. The highest BCUT2D eigenvalue weighted by Gasteiger charge is 2.30. The molecule has 0 saturated heterocycles. The van der Waals surface area contributed by atoms with E-state index in [-0.39, 0.29) is 25.7 Å². The molecule has 0 amide bonds. The van der Waals surface area contributed by atoms with Crippen molar-refractivity contribution in [2.24, 2.45) is 11.8 Å². The summed E-state index contributed by atoms with van der Waals surface area (Å²) in [7, 11) is -9.92. The number of carbonyl (C=O) groups excluding carboxylic acids is 4. The van der Waals surface area contributed by atoms with Gasteiger partial charge in [0.1, 0.15) is 19.3 Å². The number of aliphatic hydroxyl groups is 1. The molecule has 3 N–H and O–H groups in total. The molecule has 0 saturated carbocycles. The summed E-state index contributed by atoms with van der Waals surface area (Å²) < 4.78 is 68.8. The third-order valence-corrected chi connectivity index (χ3v) is 22.0. The van der Waals surface area contributed by atoms with Crippen molar-refractivity contribution in [1.29, 1.82) is 0 Å². The largest absolute Gasteiger partial charge is 0.472 e. The maximum Gasteiger partial charge on any atom is 0.472 e. The van der Waals surface area contributed by atoms with Crippen molar-refractivity contribution in [1.82, 2.24) is 0 Å². The molecule has 0 aromatic heterocycles. The molecule has 103 heavy (non-hydrogen) atoms. The second-order valence-corrected chi connectivity index (χ2v) is 33.8. The second kappa shape index (κ2) is 75.5. The molecule has 0 aliphatic carbocycles. The van der Waals surface area contributed by atoms with E-state index >= 15 is 0 Å². The number of phosphoric ester groups is 2. The molecule has 17 nitrogen and oxygen atoms in total. The minimum absolute atomic E-state index is 0.108. The van der Waals surface area contributed by atoms with E-state index in [0.717, 1.165) is 102 Å². The Balaban J connectivity index is 5.22. The zero-order valence-electron chi connectivity index (χ0n) is 67.6. The Labute approximate surface area is 632 Å². The lowest BCUT2D eigenvalue weighted by Crippen LogP contribution is -2.30. The van der Waals surface area contributed by atoms with Crippen LogP contribution >= 0.6 is 15.6 Å². The highest BCUT2D eigenvalue weighted by molar-refractivity contribution is 7.47. The van der Waals surface area contributed by atoms with Crippen LogP contribution in [0.3, 0.4) is 0 Å². The van der Waals surface area contributed by atoms with Gasteiger partial charge in [0.25, 0.3) is 0 Å². The summed E-state index contributed by atoms with van der Waals surface area (Å²) in [5.74, 6) is -0.528. The molecule has 6 atom stereocenters. The van der Waals surface area contributed by atoms with Gasteiger partial charge in [0.2, 0.25) is 0 Å². The normalized spacial score (nSPS) is 14.1. The number of esters is 4. The fourth-order valence-electron chi connectivity index (χ4n) is 13.0. The Kier molecular flexibility index (Phi) is 74.1. The maximum atomic E-state index is 13.1. The molecule has 19 heteroatoms. The smallest absolute Gasteiger partial charge is 0.462 e. The van der Waals surface area contributed by atoms with E-state index in [0.29, 0.717) is 31.6 Å². The predicted molar refractivity (Wildman–Crippen MR) is 423 cm³/mol. The molecule has 0 rings (SSSR count). The van der Waals surface area contributed by atoms with Gasteiger partial charge in [0.05, 0.1) is 26.4 Å². The summed E-state index contributed by atoms with van der Waals surface area (Å²) in [4.78, 5) is 73.1. The topological polar surface area (TPSA) is 237 Å². The van der Waals surface area contributed by atoms with Gasteiger partial charge in [-0.3, -0.25) is 37.3 Å². The fraction of sp³-hybridized carbons (Fsp3) is 0.952. The maximum absolute atomic E-state index is 13.1. The molecular weight excluding hydrogens is 1340 g/mol. The monoisotopic (exact) mass is 1510 g/mol. The number of aliphatic hydroxyl groups excluding tert-OH is 1. The van der Waals surface area contributed by atoms with Gasteiger partial charge in [0.15, 0.2) is 12.2 Å². The van der Waals surface area contributed by atoms with Crippen molar-refractivity contribution in [3.05, 3.63) is 0 Å². The van der Waals surface area contributed by atoms with Crippen molar-refractivity contribution in [2.45, 2.75) is 464 Å². The first-order chi connectivity index (χ1) is 49.9. The first-order valence-electron chi connectivity index (χ1n) is 43.5. The summed E-state index contributed by atoms with van der Waals surface area (Å²) in [5, 5.41) is 10.7. The van der Waals surface area contributed by atoms with E-state index in [1.54, 1.807) is 0 Å². The molecular formula is C84H164O17P2. The van der Waals surface area contributed by atoms with Crippen LogP contribution in [0.5, 0.6) is 0 Å². The molecule has 0 aliphatic heterocycles. The first kappa shape index (κ1) is 101. The molecule has 0 aliphatic rings. The zero-order chi connectivity index (χ0) is 75.6. The van der Waals surface area contributed by atoms with Gasteiger partial charge in [-0.25, -0.2) is 9.13 Å². The minimum atomic E-state index is -4.96. The summed E-state index contributed by atoms with van der Waals surface area (Å²) in [6, 6.07) is 0. The van der Waals surface area contributed by atoms with Crippen LogP contribution in [0.4, 0.5) is 0 Å². The average Bonchev–Trinajstić information content (AvgIpc) is 0.915. The SMILES string of the molecule is CCCCCCCCCCCCCCCCCCC(=O)OC[C@H](COP(=O)(O)OC[C@@H](O)COP(=O)(O)OC[C@@H](COC(=O)CCCCCCCCCC(C)C)OC(=O)CCCCCCCCCCCCCCCCC)OC(=O)CCCCCCCCCCCCCCCCCCCCC(C)CC. The van der Waals surface area contributed by atoms with Crippen LogP contribution in [-0.4, -0.2) is 96.7 Å². The Bertz CT molecular complexity index is 1980. The summed E-state index contributed by atoms with van der Waals surface area (Å²) in [5.41, 5.74) is 0. The average molecular weight is 1510 g/mol. The number of ether oxygens (including phenoxy) is 4. The highest BCUT2D eigenvalue weighted by atomic mass is 31.2. The molecule has 0 bridgehead atoms. The summed E-state index contributed by atoms with van der Waals surface area (Å²) in [6.07, 6.45) is 66.7. The van der Waals surface area contributed by atoms with Gasteiger partial charge < -0.3 is 33.8 Å². The molecule has 0 aromatic carbocycles. The van der Waals surface area contributed by atoms with Crippen molar-refractivity contribution < 1.29 is 80.2 Å². The third-order valence-electron chi connectivity index (χ3n) is 20.1. The van der Waals surface area contributed by atoms with Gasteiger partial charge >= 0.3 is 39.5 Å². The van der Waals surface area contributed by atoms with Gasteiger partial charge in [-0.15, -0.1) is 0 Å². The Morgan fingerprint density at radius 2 is 0.495 bits per heavy atom. The van der Waals surface area contributed by atoms with Crippen LogP contribution in [0, 0.1) is 11.8 Å². The van der Waals surface area contributed by atoms with E-state index in [9.17, 15) is 43.2 Å². The van der Waals surface area contributed by atoms with Gasteiger partial charge in [0, 0.05) is 25.7 Å².